The van der Waals surface area contributed by atoms with Crippen LogP contribution in [0.15, 0.2) is 48.5 Å². The molecule has 28 heavy (non-hydrogen) atoms. The fourth-order valence-corrected chi connectivity index (χ4v) is 4.10. The molecule has 0 unspecified atom stereocenters. The number of nitriles is 1. The summed E-state index contributed by atoms with van der Waals surface area (Å²) >= 11 is 0. The Morgan fingerprint density at radius 3 is 2.39 bits per heavy atom. The molecule has 0 aromatic heterocycles. The topological polar surface area (TPSA) is 50.6 Å². The van der Waals surface area contributed by atoms with E-state index in [1.165, 1.54) is 11.1 Å². The molecule has 1 amide bonds. The number of hydrogen-bond donors (Lipinski definition) is 0. The molecule has 0 aliphatic carbocycles. The van der Waals surface area contributed by atoms with Gasteiger partial charge in [-0.1, -0.05) is 30.3 Å². The van der Waals surface area contributed by atoms with Gasteiger partial charge in [-0.2, -0.15) is 5.26 Å². The molecule has 0 spiro atoms. The maximum atomic E-state index is 12.7. The smallest absolute Gasteiger partial charge is 0.228 e. The van der Waals surface area contributed by atoms with E-state index in [1.807, 2.05) is 41.3 Å². The van der Waals surface area contributed by atoms with Crippen molar-refractivity contribution in [2.45, 2.75) is 19.4 Å². The van der Waals surface area contributed by atoms with Crippen LogP contribution in [0.25, 0.3) is 0 Å². The lowest BCUT2D eigenvalue weighted by molar-refractivity contribution is -0.118. The highest BCUT2D eigenvalue weighted by Crippen LogP contribution is 2.27. The van der Waals surface area contributed by atoms with Crippen LogP contribution in [0.3, 0.4) is 0 Å². The molecule has 0 bridgehead atoms. The number of benzene rings is 2. The van der Waals surface area contributed by atoms with Crippen molar-refractivity contribution in [2.24, 2.45) is 0 Å². The number of carbonyl (C=O) groups excluding carboxylic acids is 1. The summed E-state index contributed by atoms with van der Waals surface area (Å²) in [6.45, 7) is 6.60. The maximum absolute atomic E-state index is 12.7. The largest absolute Gasteiger partial charge is 0.312 e. The van der Waals surface area contributed by atoms with Gasteiger partial charge in [0, 0.05) is 57.9 Å². The second kappa shape index (κ2) is 8.55. The minimum absolute atomic E-state index is 0.241. The van der Waals surface area contributed by atoms with Crippen LogP contribution in [0.1, 0.15) is 23.1 Å². The van der Waals surface area contributed by atoms with E-state index in [0.717, 1.165) is 57.9 Å². The molecular formula is C23H26N4O. The Morgan fingerprint density at radius 2 is 1.64 bits per heavy atom. The van der Waals surface area contributed by atoms with E-state index in [9.17, 15) is 4.79 Å². The third kappa shape index (κ3) is 4.24. The van der Waals surface area contributed by atoms with Gasteiger partial charge >= 0.3 is 0 Å². The molecule has 0 saturated carbocycles. The molecule has 2 aromatic carbocycles. The van der Waals surface area contributed by atoms with Gasteiger partial charge in [-0.15, -0.1) is 0 Å². The molecular weight excluding hydrogens is 348 g/mol. The van der Waals surface area contributed by atoms with Crippen LogP contribution in [0.5, 0.6) is 0 Å². The van der Waals surface area contributed by atoms with Gasteiger partial charge in [0.15, 0.2) is 0 Å². The Balaban J connectivity index is 1.21. The highest BCUT2D eigenvalue weighted by atomic mass is 16.2. The van der Waals surface area contributed by atoms with Gasteiger partial charge in [0.05, 0.1) is 11.6 Å². The zero-order valence-corrected chi connectivity index (χ0v) is 16.2. The van der Waals surface area contributed by atoms with Crippen molar-refractivity contribution >= 4 is 11.6 Å². The van der Waals surface area contributed by atoms with Crippen molar-refractivity contribution in [3.63, 3.8) is 0 Å². The predicted octanol–water partition coefficient (Wildman–Crippen LogP) is 2.66. The number of amides is 1. The first-order valence-corrected chi connectivity index (χ1v) is 10.0. The van der Waals surface area contributed by atoms with Crippen molar-refractivity contribution in [1.82, 2.24) is 9.80 Å². The number of piperazine rings is 1. The minimum atomic E-state index is 0.241. The average Bonchev–Trinajstić information content (AvgIpc) is 3.18. The normalized spacial score (nSPS) is 17.3. The lowest BCUT2D eigenvalue weighted by Crippen LogP contribution is -2.46. The first kappa shape index (κ1) is 18.7. The fourth-order valence-electron chi connectivity index (χ4n) is 4.10. The molecule has 2 aromatic rings. The molecule has 1 fully saturated rings. The summed E-state index contributed by atoms with van der Waals surface area (Å²) in [6.07, 6.45) is 1.56. The van der Waals surface area contributed by atoms with Crippen molar-refractivity contribution in [3.8, 4) is 6.07 Å². The zero-order chi connectivity index (χ0) is 19.3. The molecule has 2 heterocycles. The van der Waals surface area contributed by atoms with Crippen LogP contribution in [-0.2, 0) is 17.8 Å². The maximum Gasteiger partial charge on any atom is 0.228 e. The van der Waals surface area contributed by atoms with Gasteiger partial charge in [-0.3, -0.25) is 9.69 Å². The summed E-state index contributed by atoms with van der Waals surface area (Å²) in [5.41, 5.74) is 4.33. The van der Waals surface area contributed by atoms with Crippen LogP contribution in [0.2, 0.25) is 0 Å². The molecule has 0 atom stereocenters. The number of fused-ring (bicyclic) bond motifs is 1. The van der Waals surface area contributed by atoms with E-state index in [-0.39, 0.29) is 5.91 Å². The number of hydrogen-bond acceptors (Lipinski definition) is 4. The Bertz CT molecular complexity index is 863. The van der Waals surface area contributed by atoms with Gasteiger partial charge in [0.2, 0.25) is 5.91 Å². The summed E-state index contributed by atoms with van der Waals surface area (Å²) in [4.78, 5) is 19.5. The summed E-state index contributed by atoms with van der Waals surface area (Å²) in [6, 6.07) is 18.2. The monoisotopic (exact) mass is 374 g/mol. The molecule has 5 nitrogen and oxygen atoms in total. The molecule has 2 aliphatic heterocycles. The fraction of sp³-hybridized carbons (Fsp3) is 0.391. The summed E-state index contributed by atoms with van der Waals surface area (Å²) in [5, 5.41) is 8.89. The van der Waals surface area contributed by atoms with Crippen molar-refractivity contribution in [2.75, 3.05) is 44.2 Å². The van der Waals surface area contributed by atoms with E-state index in [2.05, 4.69) is 28.0 Å². The van der Waals surface area contributed by atoms with Gasteiger partial charge < -0.3 is 9.80 Å². The number of carbonyl (C=O) groups is 1. The first-order valence-electron chi connectivity index (χ1n) is 10.0. The molecule has 5 heteroatoms. The Morgan fingerprint density at radius 1 is 0.929 bits per heavy atom. The Hall–Kier alpha value is -2.68. The van der Waals surface area contributed by atoms with E-state index >= 15 is 0 Å². The highest BCUT2D eigenvalue weighted by Gasteiger charge is 2.25. The SMILES string of the molecule is N#Cc1ccc(CN2CCN(CCC(=O)N3CCc4ccccc43)CC2)cc1. The molecule has 144 valence electrons. The average molecular weight is 374 g/mol. The second-order valence-corrected chi connectivity index (χ2v) is 7.60. The van der Waals surface area contributed by atoms with Gasteiger partial charge in [0.25, 0.3) is 0 Å². The number of anilines is 1. The lowest BCUT2D eigenvalue weighted by Gasteiger charge is -2.34. The van der Waals surface area contributed by atoms with Crippen LogP contribution in [-0.4, -0.2) is 55.0 Å². The van der Waals surface area contributed by atoms with Crippen molar-refractivity contribution in [3.05, 3.63) is 65.2 Å². The van der Waals surface area contributed by atoms with Gasteiger partial charge in [-0.25, -0.2) is 0 Å². The Labute approximate surface area is 166 Å². The number of para-hydroxylation sites is 1. The van der Waals surface area contributed by atoms with Crippen LogP contribution < -0.4 is 4.90 Å². The van der Waals surface area contributed by atoms with Crippen molar-refractivity contribution < 1.29 is 4.79 Å². The number of nitrogens with zero attached hydrogens (tertiary/aromatic N) is 4. The molecule has 1 saturated heterocycles. The van der Waals surface area contributed by atoms with Crippen LogP contribution in [0, 0.1) is 11.3 Å². The van der Waals surface area contributed by atoms with Crippen LogP contribution >= 0.6 is 0 Å². The summed E-state index contributed by atoms with van der Waals surface area (Å²) in [7, 11) is 0. The minimum Gasteiger partial charge on any atom is -0.312 e. The lowest BCUT2D eigenvalue weighted by atomic mass is 10.1. The van der Waals surface area contributed by atoms with Crippen LogP contribution in [0.4, 0.5) is 5.69 Å². The molecule has 4 rings (SSSR count). The van der Waals surface area contributed by atoms with Crippen molar-refractivity contribution in [1.29, 1.82) is 5.26 Å². The molecule has 2 aliphatic rings. The predicted molar refractivity (Wildman–Crippen MR) is 110 cm³/mol. The quantitative estimate of drug-likeness (QED) is 0.807. The van der Waals surface area contributed by atoms with E-state index < -0.39 is 0 Å². The summed E-state index contributed by atoms with van der Waals surface area (Å²) < 4.78 is 0. The van der Waals surface area contributed by atoms with E-state index in [4.69, 9.17) is 5.26 Å². The van der Waals surface area contributed by atoms with Gasteiger partial charge in [0.1, 0.15) is 0 Å². The molecule has 0 radical (unpaired) electrons. The standard InChI is InChI=1S/C23H26N4O/c24-17-19-5-7-20(8-6-19)18-26-15-13-25(14-16-26)11-10-23(28)27-12-9-21-3-1-2-4-22(21)27/h1-8H,9-16,18H2. The van der Waals surface area contributed by atoms with Gasteiger partial charge in [-0.05, 0) is 35.7 Å². The first-order chi connectivity index (χ1) is 13.7. The third-order valence-corrected chi connectivity index (χ3v) is 5.78. The van der Waals surface area contributed by atoms with E-state index in [0.29, 0.717) is 12.0 Å². The third-order valence-electron chi connectivity index (χ3n) is 5.78. The molecule has 0 N–H and O–H groups in total. The number of rotatable bonds is 5. The van der Waals surface area contributed by atoms with E-state index in [1.54, 1.807) is 0 Å². The second-order valence-electron chi connectivity index (χ2n) is 7.60. The summed E-state index contributed by atoms with van der Waals surface area (Å²) in [5.74, 6) is 0.241. The zero-order valence-electron chi connectivity index (χ0n) is 16.2. The Kier molecular flexibility index (Phi) is 5.70. The highest BCUT2D eigenvalue weighted by molar-refractivity contribution is 5.95.